The number of aromatic nitrogens is 1. The molecule has 2 aliphatic heterocycles. The third-order valence-corrected chi connectivity index (χ3v) is 5.47. The first kappa shape index (κ1) is 17.8. The molecule has 3 heterocycles. The standard InChI is InChI=1S/C22H18ClN3O3/c1-28-21-9-13(4-6-19(21)27)17-11-18-16-10-15(23)5-7-20(16)29-22(26(18)25-17)14-3-2-8-24-12-14/h2-10,12,18,22,27H,11H2,1H3/t18-,22+/m0/s1. The molecule has 0 amide bonds. The number of rotatable bonds is 3. The van der Waals surface area contributed by atoms with Crippen molar-refractivity contribution in [3.05, 3.63) is 82.6 Å². The minimum Gasteiger partial charge on any atom is -0.504 e. The Kier molecular flexibility index (Phi) is 4.28. The van der Waals surface area contributed by atoms with E-state index in [0.29, 0.717) is 17.2 Å². The third-order valence-electron chi connectivity index (χ3n) is 5.23. The fraction of sp³-hybridized carbons (Fsp3) is 0.182. The van der Waals surface area contributed by atoms with Crippen molar-refractivity contribution in [3.63, 3.8) is 0 Å². The van der Waals surface area contributed by atoms with E-state index in [1.807, 2.05) is 41.4 Å². The summed E-state index contributed by atoms with van der Waals surface area (Å²) in [4.78, 5) is 4.23. The molecule has 0 aliphatic carbocycles. The van der Waals surface area contributed by atoms with Crippen LogP contribution in [0.25, 0.3) is 0 Å². The molecule has 29 heavy (non-hydrogen) atoms. The highest BCUT2D eigenvalue weighted by atomic mass is 35.5. The molecule has 0 saturated heterocycles. The number of hydrazone groups is 1. The van der Waals surface area contributed by atoms with Gasteiger partial charge in [-0.05, 0) is 42.5 Å². The van der Waals surface area contributed by atoms with Crippen molar-refractivity contribution in [2.45, 2.75) is 18.7 Å². The number of halogens is 1. The van der Waals surface area contributed by atoms with E-state index in [1.54, 1.807) is 24.5 Å². The van der Waals surface area contributed by atoms with Crippen LogP contribution in [0.2, 0.25) is 5.02 Å². The normalized spacial score (nSPS) is 19.8. The first-order valence-corrected chi connectivity index (χ1v) is 9.61. The number of nitrogens with zero attached hydrogens (tertiary/aromatic N) is 3. The van der Waals surface area contributed by atoms with Crippen LogP contribution in [0.5, 0.6) is 17.2 Å². The Morgan fingerprint density at radius 3 is 2.90 bits per heavy atom. The summed E-state index contributed by atoms with van der Waals surface area (Å²) in [5.41, 5.74) is 3.70. The summed E-state index contributed by atoms with van der Waals surface area (Å²) in [7, 11) is 1.53. The van der Waals surface area contributed by atoms with E-state index in [-0.39, 0.29) is 18.0 Å². The fourth-order valence-electron chi connectivity index (χ4n) is 3.83. The van der Waals surface area contributed by atoms with Gasteiger partial charge in [0.25, 0.3) is 0 Å². The molecule has 146 valence electrons. The molecule has 2 atom stereocenters. The summed E-state index contributed by atoms with van der Waals surface area (Å²) < 4.78 is 11.5. The van der Waals surface area contributed by atoms with Gasteiger partial charge in [0, 0.05) is 40.5 Å². The first-order valence-electron chi connectivity index (χ1n) is 9.23. The SMILES string of the molecule is COc1cc(C2=NN3[C@@H](c4cccnc4)Oc4ccc(Cl)cc4[C@@H]3C2)ccc1O. The molecule has 0 unspecified atom stereocenters. The molecular weight excluding hydrogens is 390 g/mol. The average molecular weight is 408 g/mol. The second-order valence-corrected chi connectivity index (χ2v) is 7.41. The van der Waals surface area contributed by atoms with E-state index in [9.17, 15) is 5.11 Å². The van der Waals surface area contributed by atoms with Gasteiger partial charge in [-0.25, -0.2) is 5.01 Å². The van der Waals surface area contributed by atoms with Crippen LogP contribution in [-0.2, 0) is 0 Å². The Morgan fingerprint density at radius 2 is 2.10 bits per heavy atom. The number of fused-ring (bicyclic) bond motifs is 3. The molecule has 2 aliphatic rings. The van der Waals surface area contributed by atoms with E-state index in [4.69, 9.17) is 26.2 Å². The van der Waals surface area contributed by atoms with Gasteiger partial charge in [0.05, 0.1) is 18.9 Å². The van der Waals surface area contributed by atoms with Crippen LogP contribution in [0.3, 0.4) is 0 Å². The average Bonchev–Trinajstić information content (AvgIpc) is 3.20. The molecule has 2 aromatic carbocycles. The molecule has 3 aromatic rings. The van der Waals surface area contributed by atoms with Crippen LogP contribution in [0.4, 0.5) is 0 Å². The zero-order chi connectivity index (χ0) is 20.0. The summed E-state index contributed by atoms with van der Waals surface area (Å²) in [6.07, 6.45) is 3.82. The van der Waals surface area contributed by atoms with Crippen molar-refractivity contribution in [1.29, 1.82) is 0 Å². The van der Waals surface area contributed by atoms with E-state index < -0.39 is 0 Å². The number of phenols is 1. The minimum atomic E-state index is -0.390. The number of benzene rings is 2. The predicted octanol–water partition coefficient (Wildman–Crippen LogP) is 4.69. The monoisotopic (exact) mass is 407 g/mol. The van der Waals surface area contributed by atoms with Gasteiger partial charge in [0.15, 0.2) is 11.5 Å². The topological polar surface area (TPSA) is 67.2 Å². The van der Waals surface area contributed by atoms with Crippen LogP contribution in [0, 0.1) is 0 Å². The van der Waals surface area contributed by atoms with E-state index in [1.165, 1.54) is 7.11 Å². The maximum absolute atomic E-state index is 9.92. The maximum Gasteiger partial charge on any atom is 0.215 e. The molecule has 6 nitrogen and oxygen atoms in total. The number of methoxy groups -OCH3 is 1. The van der Waals surface area contributed by atoms with Crippen LogP contribution in [0.15, 0.2) is 66.0 Å². The molecule has 0 saturated carbocycles. The number of ether oxygens (including phenoxy) is 2. The van der Waals surface area contributed by atoms with Crippen molar-refractivity contribution >= 4 is 17.3 Å². The van der Waals surface area contributed by atoms with Gasteiger partial charge >= 0.3 is 0 Å². The minimum absolute atomic E-state index is 0.0162. The summed E-state index contributed by atoms with van der Waals surface area (Å²) >= 11 is 6.27. The van der Waals surface area contributed by atoms with Gasteiger partial charge in [-0.3, -0.25) is 4.98 Å². The lowest BCUT2D eigenvalue weighted by Crippen LogP contribution is -2.33. The lowest BCUT2D eigenvalue weighted by atomic mass is 9.96. The third kappa shape index (κ3) is 3.06. The smallest absolute Gasteiger partial charge is 0.215 e. The van der Waals surface area contributed by atoms with Gasteiger partial charge in [0.2, 0.25) is 6.23 Å². The van der Waals surface area contributed by atoms with Crippen molar-refractivity contribution in [2.24, 2.45) is 5.10 Å². The molecular formula is C22H18ClN3O3. The number of aromatic hydroxyl groups is 1. The molecule has 0 radical (unpaired) electrons. The van der Waals surface area contributed by atoms with Gasteiger partial charge < -0.3 is 14.6 Å². The first-order chi connectivity index (χ1) is 14.1. The molecule has 1 aromatic heterocycles. The van der Waals surface area contributed by atoms with E-state index in [2.05, 4.69) is 4.98 Å². The molecule has 0 fully saturated rings. The van der Waals surface area contributed by atoms with Crippen LogP contribution in [-0.4, -0.2) is 27.9 Å². The van der Waals surface area contributed by atoms with Crippen molar-refractivity contribution < 1.29 is 14.6 Å². The summed E-state index contributed by atoms with van der Waals surface area (Å²) in [5, 5.41) is 17.4. The highest BCUT2D eigenvalue weighted by molar-refractivity contribution is 6.30. The van der Waals surface area contributed by atoms with Gasteiger partial charge in [0.1, 0.15) is 5.75 Å². The summed E-state index contributed by atoms with van der Waals surface area (Å²) in [6.45, 7) is 0. The Labute approximate surface area is 173 Å². The molecule has 0 spiro atoms. The number of hydrogen-bond acceptors (Lipinski definition) is 6. The van der Waals surface area contributed by atoms with E-state index in [0.717, 1.165) is 28.2 Å². The Balaban J connectivity index is 1.60. The van der Waals surface area contributed by atoms with Gasteiger partial charge in [-0.15, -0.1) is 0 Å². The van der Waals surface area contributed by atoms with Crippen molar-refractivity contribution in [1.82, 2.24) is 9.99 Å². The van der Waals surface area contributed by atoms with Crippen molar-refractivity contribution in [3.8, 4) is 17.2 Å². The zero-order valence-corrected chi connectivity index (χ0v) is 16.4. The van der Waals surface area contributed by atoms with Crippen LogP contribution < -0.4 is 9.47 Å². The Morgan fingerprint density at radius 1 is 1.21 bits per heavy atom. The van der Waals surface area contributed by atoms with E-state index >= 15 is 0 Å². The molecule has 1 N–H and O–H groups in total. The lowest BCUT2D eigenvalue weighted by molar-refractivity contribution is -0.0192. The predicted molar refractivity (Wildman–Crippen MR) is 109 cm³/mol. The molecule has 0 bridgehead atoms. The number of phenolic OH excluding ortho intramolecular Hbond substituents is 1. The summed E-state index contributed by atoms with van der Waals surface area (Å²) in [5.74, 6) is 1.31. The Hall–Kier alpha value is -3.25. The number of pyridine rings is 1. The second-order valence-electron chi connectivity index (χ2n) is 6.97. The Bertz CT molecular complexity index is 1100. The quantitative estimate of drug-likeness (QED) is 0.682. The van der Waals surface area contributed by atoms with Gasteiger partial charge in [-0.2, -0.15) is 5.10 Å². The fourth-order valence-corrected chi connectivity index (χ4v) is 4.01. The lowest BCUT2D eigenvalue weighted by Gasteiger charge is -2.38. The second kappa shape index (κ2) is 6.97. The maximum atomic E-state index is 9.92. The number of hydrogen-bond donors (Lipinski definition) is 1. The highest BCUT2D eigenvalue weighted by Crippen LogP contribution is 2.48. The zero-order valence-electron chi connectivity index (χ0n) is 15.6. The molecule has 7 heteroatoms. The van der Waals surface area contributed by atoms with Crippen LogP contribution >= 0.6 is 11.6 Å². The van der Waals surface area contributed by atoms with Crippen molar-refractivity contribution in [2.75, 3.05) is 7.11 Å². The molecule has 5 rings (SSSR count). The largest absolute Gasteiger partial charge is 0.504 e. The highest BCUT2D eigenvalue weighted by Gasteiger charge is 2.41. The van der Waals surface area contributed by atoms with Gasteiger partial charge in [-0.1, -0.05) is 17.7 Å². The van der Waals surface area contributed by atoms with Crippen LogP contribution in [0.1, 0.15) is 35.4 Å². The summed E-state index contributed by atoms with van der Waals surface area (Å²) in [6, 6.07) is 14.8.